The minimum atomic E-state index is 0. The van der Waals surface area contributed by atoms with E-state index in [4.69, 9.17) is 4.42 Å². The Morgan fingerprint density at radius 2 is 1.84 bits per heavy atom. The summed E-state index contributed by atoms with van der Waals surface area (Å²) < 4.78 is 5.33. The van der Waals surface area contributed by atoms with Crippen molar-refractivity contribution in [1.82, 2.24) is 10.6 Å². The van der Waals surface area contributed by atoms with Crippen LogP contribution in [0.3, 0.4) is 0 Å². The summed E-state index contributed by atoms with van der Waals surface area (Å²) >= 11 is 0. The van der Waals surface area contributed by atoms with Crippen LogP contribution in [0.25, 0.3) is 0 Å². The van der Waals surface area contributed by atoms with Crippen LogP contribution in [0, 0.1) is 0 Å². The average Bonchev–Trinajstić information content (AvgIpc) is 3.09. The predicted octanol–water partition coefficient (Wildman–Crippen LogP) is 3.30. The molecule has 0 atom stereocenters. The van der Waals surface area contributed by atoms with Gasteiger partial charge >= 0.3 is 0 Å². The van der Waals surface area contributed by atoms with Gasteiger partial charge in [-0.1, -0.05) is 12.1 Å². The van der Waals surface area contributed by atoms with E-state index in [-0.39, 0.29) is 24.0 Å². The minimum Gasteiger partial charge on any atom is -0.469 e. The minimum absolute atomic E-state index is 0. The number of aliphatic imine (C=N–C) groups is 1. The van der Waals surface area contributed by atoms with Crippen molar-refractivity contribution in [3.8, 4) is 0 Å². The Morgan fingerprint density at radius 1 is 1.08 bits per heavy atom. The molecule has 1 aromatic carbocycles. The van der Waals surface area contributed by atoms with Crippen LogP contribution in [0.1, 0.15) is 18.2 Å². The molecule has 2 aromatic rings. The number of rotatable bonds is 8. The van der Waals surface area contributed by atoms with Crippen LogP contribution in [0.4, 0.5) is 5.69 Å². The SMILES string of the molecule is CCNC(=NCCc1ccco1)NCCc1ccc(N(C)C)cc1.I. The number of hydrogen-bond acceptors (Lipinski definition) is 3. The van der Waals surface area contributed by atoms with Gasteiger partial charge < -0.3 is 20.0 Å². The molecule has 0 spiro atoms. The second-order valence-corrected chi connectivity index (χ2v) is 5.83. The van der Waals surface area contributed by atoms with Gasteiger partial charge in [0.25, 0.3) is 0 Å². The molecule has 0 saturated heterocycles. The first kappa shape index (κ1) is 21.3. The van der Waals surface area contributed by atoms with Crippen LogP contribution in [0.5, 0.6) is 0 Å². The summed E-state index contributed by atoms with van der Waals surface area (Å²) in [5, 5.41) is 6.66. The quantitative estimate of drug-likeness (QED) is 0.364. The van der Waals surface area contributed by atoms with E-state index in [0.717, 1.165) is 37.7 Å². The van der Waals surface area contributed by atoms with E-state index < -0.39 is 0 Å². The number of halogens is 1. The van der Waals surface area contributed by atoms with Gasteiger partial charge in [-0.2, -0.15) is 0 Å². The molecule has 0 aliphatic rings. The van der Waals surface area contributed by atoms with Gasteiger partial charge in [0.15, 0.2) is 5.96 Å². The molecular formula is C19H29IN4O. The number of benzene rings is 1. The second-order valence-electron chi connectivity index (χ2n) is 5.83. The monoisotopic (exact) mass is 456 g/mol. The molecule has 2 N–H and O–H groups in total. The lowest BCUT2D eigenvalue weighted by Crippen LogP contribution is -2.38. The van der Waals surface area contributed by atoms with Gasteiger partial charge in [-0.3, -0.25) is 4.99 Å². The number of hydrogen-bond donors (Lipinski definition) is 2. The summed E-state index contributed by atoms with van der Waals surface area (Å²) in [6, 6.07) is 12.5. The molecule has 0 unspecified atom stereocenters. The molecule has 1 aromatic heterocycles. The van der Waals surface area contributed by atoms with Crippen LogP contribution in [-0.4, -0.2) is 39.7 Å². The molecule has 0 bridgehead atoms. The van der Waals surface area contributed by atoms with Crippen molar-refractivity contribution in [3.63, 3.8) is 0 Å². The van der Waals surface area contributed by atoms with Crippen molar-refractivity contribution < 1.29 is 4.42 Å². The molecule has 5 nitrogen and oxygen atoms in total. The fourth-order valence-corrected chi connectivity index (χ4v) is 2.36. The highest BCUT2D eigenvalue weighted by molar-refractivity contribution is 14.0. The lowest BCUT2D eigenvalue weighted by Gasteiger charge is -2.13. The number of nitrogens with zero attached hydrogens (tertiary/aromatic N) is 2. The lowest BCUT2D eigenvalue weighted by atomic mass is 10.1. The maximum absolute atomic E-state index is 5.33. The molecule has 0 saturated carbocycles. The van der Waals surface area contributed by atoms with Gasteiger partial charge in [-0.05, 0) is 43.2 Å². The standard InChI is InChI=1S/C19H28N4O.HI/c1-4-20-19(22-14-12-18-6-5-15-24-18)21-13-11-16-7-9-17(10-8-16)23(2)3;/h5-10,15H,4,11-14H2,1-3H3,(H2,20,21,22);1H. The van der Waals surface area contributed by atoms with Gasteiger partial charge in [0, 0.05) is 45.8 Å². The smallest absolute Gasteiger partial charge is 0.191 e. The second kappa shape index (κ2) is 11.8. The van der Waals surface area contributed by atoms with Crippen molar-refractivity contribution >= 4 is 35.6 Å². The highest BCUT2D eigenvalue weighted by Crippen LogP contribution is 2.12. The van der Waals surface area contributed by atoms with Crippen LogP contribution in [-0.2, 0) is 12.8 Å². The van der Waals surface area contributed by atoms with Gasteiger partial charge in [-0.25, -0.2) is 0 Å². The van der Waals surface area contributed by atoms with E-state index in [0.29, 0.717) is 6.54 Å². The van der Waals surface area contributed by atoms with Crippen LogP contribution < -0.4 is 15.5 Å². The molecule has 138 valence electrons. The summed E-state index contributed by atoms with van der Waals surface area (Å²) in [4.78, 5) is 6.69. The molecule has 0 aliphatic carbocycles. The van der Waals surface area contributed by atoms with Crippen molar-refractivity contribution in [3.05, 3.63) is 54.0 Å². The van der Waals surface area contributed by atoms with Gasteiger partial charge in [0.05, 0.1) is 6.26 Å². The molecule has 0 amide bonds. The fraction of sp³-hybridized carbons (Fsp3) is 0.421. The highest BCUT2D eigenvalue weighted by Gasteiger charge is 2.00. The molecule has 0 radical (unpaired) electrons. The summed E-state index contributed by atoms with van der Waals surface area (Å²) in [5.74, 6) is 1.82. The number of nitrogens with one attached hydrogen (secondary N) is 2. The Morgan fingerprint density at radius 3 is 2.44 bits per heavy atom. The number of furan rings is 1. The highest BCUT2D eigenvalue weighted by atomic mass is 127. The van der Waals surface area contributed by atoms with Crippen LogP contribution in [0.2, 0.25) is 0 Å². The molecule has 6 heteroatoms. The maximum atomic E-state index is 5.33. The Balaban J connectivity index is 0.00000312. The van der Waals surface area contributed by atoms with E-state index in [1.165, 1.54) is 11.3 Å². The van der Waals surface area contributed by atoms with E-state index in [9.17, 15) is 0 Å². The summed E-state index contributed by atoms with van der Waals surface area (Å²) in [6.45, 7) is 4.49. The molecule has 2 rings (SSSR count). The first-order chi connectivity index (χ1) is 11.7. The lowest BCUT2D eigenvalue weighted by molar-refractivity contribution is 0.510. The molecule has 1 heterocycles. The number of guanidine groups is 1. The largest absolute Gasteiger partial charge is 0.469 e. The van der Waals surface area contributed by atoms with E-state index in [1.807, 2.05) is 12.1 Å². The third kappa shape index (κ3) is 7.81. The fourth-order valence-electron chi connectivity index (χ4n) is 2.36. The molecule has 25 heavy (non-hydrogen) atoms. The van der Waals surface area contributed by atoms with Crippen LogP contribution >= 0.6 is 24.0 Å². The molecular weight excluding hydrogens is 427 g/mol. The topological polar surface area (TPSA) is 52.8 Å². The summed E-state index contributed by atoms with van der Waals surface area (Å²) in [5.41, 5.74) is 2.54. The normalized spacial score (nSPS) is 10.9. The van der Waals surface area contributed by atoms with Crippen molar-refractivity contribution in [2.45, 2.75) is 19.8 Å². The Kier molecular flexibility index (Phi) is 10.1. The van der Waals surface area contributed by atoms with Crippen molar-refractivity contribution in [2.75, 3.05) is 38.6 Å². The van der Waals surface area contributed by atoms with E-state index >= 15 is 0 Å². The average molecular weight is 456 g/mol. The Bertz CT molecular complexity index is 609. The number of anilines is 1. The maximum Gasteiger partial charge on any atom is 0.191 e. The third-order valence-electron chi connectivity index (χ3n) is 3.71. The van der Waals surface area contributed by atoms with E-state index in [1.54, 1.807) is 6.26 Å². The zero-order valence-corrected chi connectivity index (χ0v) is 17.6. The van der Waals surface area contributed by atoms with Crippen LogP contribution in [0.15, 0.2) is 52.1 Å². The van der Waals surface area contributed by atoms with Gasteiger partial charge in [0.1, 0.15) is 5.76 Å². The van der Waals surface area contributed by atoms with Crippen molar-refractivity contribution in [1.29, 1.82) is 0 Å². The Labute approximate surface area is 167 Å². The first-order valence-corrected chi connectivity index (χ1v) is 8.50. The first-order valence-electron chi connectivity index (χ1n) is 8.50. The predicted molar refractivity (Wildman–Crippen MR) is 116 cm³/mol. The Hall–Kier alpha value is -1.70. The van der Waals surface area contributed by atoms with E-state index in [2.05, 4.69) is 65.8 Å². The third-order valence-corrected chi connectivity index (χ3v) is 3.71. The molecule has 0 fully saturated rings. The zero-order chi connectivity index (χ0) is 17.2. The molecule has 0 aliphatic heterocycles. The van der Waals surface area contributed by atoms with Gasteiger partial charge in [0.2, 0.25) is 0 Å². The summed E-state index contributed by atoms with van der Waals surface area (Å²) in [6.07, 6.45) is 3.48. The summed E-state index contributed by atoms with van der Waals surface area (Å²) in [7, 11) is 4.11. The zero-order valence-electron chi connectivity index (χ0n) is 15.3. The van der Waals surface area contributed by atoms with Crippen molar-refractivity contribution in [2.24, 2.45) is 4.99 Å². The van der Waals surface area contributed by atoms with Gasteiger partial charge in [-0.15, -0.1) is 24.0 Å².